The molecule has 2 fully saturated rings. The fourth-order valence-corrected chi connectivity index (χ4v) is 2.66. The Kier molecular flexibility index (Phi) is 3.45. The van der Waals surface area contributed by atoms with Crippen molar-refractivity contribution in [2.24, 2.45) is 11.8 Å². The molecule has 0 radical (unpaired) electrons. The second-order valence-electron chi connectivity index (χ2n) is 5.83. The number of rotatable bonds is 5. The molecule has 0 unspecified atom stereocenters. The van der Waals surface area contributed by atoms with E-state index in [1.54, 1.807) is 0 Å². The number of aromatic hydroxyl groups is 1. The molecule has 2 saturated carbocycles. The number of nitrogens with one attached hydrogen (secondary N) is 2. The highest BCUT2D eigenvalue weighted by molar-refractivity contribution is 6.00. The first-order valence-electron chi connectivity index (χ1n) is 7.18. The number of phenols is 1. The van der Waals surface area contributed by atoms with Gasteiger partial charge in [-0.05, 0) is 55.7 Å². The maximum Gasteiger partial charge on any atom is 0.337 e. The number of urea groups is 1. The van der Waals surface area contributed by atoms with Crippen molar-refractivity contribution in [1.29, 1.82) is 0 Å². The van der Waals surface area contributed by atoms with Gasteiger partial charge in [0.1, 0.15) is 5.75 Å². The number of aromatic carboxylic acids is 1. The lowest BCUT2D eigenvalue weighted by Crippen LogP contribution is -2.40. The summed E-state index contributed by atoms with van der Waals surface area (Å²) in [7, 11) is 0. The fraction of sp³-hybridized carbons (Fsp3) is 0.467. The fourth-order valence-electron chi connectivity index (χ4n) is 2.66. The third-order valence-electron chi connectivity index (χ3n) is 4.04. The van der Waals surface area contributed by atoms with Crippen LogP contribution in [-0.2, 0) is 0 Å². The van der Waals surface area contributed by atoms with Crippen LogP contribution in [0.5, 0.6) is 5.75 Å². The van der Waals surface area contributed by atoms with E-state index >= 15 is 0 Å². The number of carboxylic acids is 1. The van der Waals surface area contributed by atoms with Gasteiger partial charge in [0.15, 0.2) is 0 Å². The Labute approximate surface area is 122 Å². The van der Waals surface area contributed by atoms with E-state index in [0.717, 1.165) is 31.7 Å². The van der Waals surface area contributed by atoms with Crippen LogP contribution in [0.3, 0.4) is 0 Å². The smallest absolute Gasteiger partial charge is 0.337 e. The van der Waals surface area contributed by atoms with Gasteiger partial charge in [-0.3, -0.25) is 0 Å². The highest BCUT2D eigenvalue weighted by Gasteiger charge is 2.42. The molecule has 4 N–H and O–H groups in total. The van der Waals surface area contributed by atoms with Crippen LogP contribution in [-0.4, -0.2) is 28.3 Å². The van der Waals surface area contributed by atoms with Crippen molar-refractivity contribution in [2.45, 2.75) is 31.7 Å². The molecule has 0 bridgehead atoms. The molecule has 0 saturated heterocycles. The van der Waals surface area contributed by atoms with Gasteiger partial charge in [-0.15, -0.1) is 0 Å². The molecule has 21 heavy (non-hydrogen) atoms. The number of hydrogen-bond donors (Lipinski definition) is 4. The van der Waals surface area contributed by atoms with Gasteiger partial charge < -0.3 is 20.8 Å². The van der Waals surface area contributed by atoms with Crippen LogP contribution in [0.2, 0.25) is 0 Å². The van der Waals surface area contributed by atoms with Crippen molar-refractivity contribution < 1.29 is 19.8 Å². The Bertz CT molecular complexity index is 567. The van der Waals surface area contributed by atoms with Crippen molar-refractivity contribution in [3.05, 3.63) is 23.8 Å². The van der Waals surface area contributed by atoms with Gasteiger partial charge in [0.25, 0.3) is 0 Å². The van der Waals surface area contributed by atoms with E-state index < -0.39 is 5.97 Å². The van der Waals surface area contributed by atoms with Crippen LogP contribution in [0.25, 0.3) is 0 Å². The SMILES string of the molecule is O=C(Nc1ccc(O)cc1C(=O)O)NC(C1CC1)C1CC1. The van der Waals surface area contributed by atoms with Gasteiger partial charge in [0, 0.05) is 6.04 Å². The van der Waals surface area contributed by atoms with Gasteiger partial charge in [0.05, 0.1) is 11.3 Å². The molecule has 0 heterocycles. The second-order valence-corrected chi connectivity index (χ2v) is 5.83. The summed E-state index contributed by atoms with van der Waals surface area (Å²) < 4.78 is 0. The summed E-state index contributed by atoms with van der Waals surface area (Å²) in [6.45, 7) is 0. The van der Waals surface area contributed by atoms with Crippen LogP contribution in [0, 0.1) is 11.8 Å². The van der Waals surface area contributed by atoms with Crippen LogP contribution >= 0.6 is 0 Å². The largest absolute Gasteiger partial charge is 0.508 e. The lowest BCUT2D eigenvalue weighted by atomic mass is 10.1. The predicted molar refractivity (Wildman–Crippen MR) is 76.5 cm³/mol. The van der Waals surface area contributed by atoms with Crippen LogP contribution in [0.1, 0.15) is 36.0 Å². The molecule has 6 nitrogen and oxygen atoms in total. The number of amides is 2. The van der Waals surface area contributed by atoms with Gasteiger partial charge in [-0.1, -0.05) is 0 Å². The van der Waals surface area contributed by atoms with E-state index in [-0.39, 0.29) is 29.1 Å². The van der Waals surface area contributed by atoms with E-state index in [1.165, 1.54) is 12.1 Å². The summed E-state index contributed by atoms with van der Waals surface area (Å²) in [4.78, 5) is 23.2. The Morgan fingerprint density at radius 3 is 2.29 bits per heavy atom. The molecule has 1 aromatic carbocycles. The molecular formula is C15H18N2O4. The summed E-state index contributed by atoms with van der Waals surface area (Å²) in [6, 6.07) is 3.68. The Morgan fingerprint density at radius 1 is 1.14 bits per heavy atom. The minimum atomic E-state index is -1.19. The average Bonchev–Trinajstić information content (AvgIpc) is 3.30. The average molecular weight is 290 g/mol. The number of anilines is 1. The third-order valence-corrected chi connectivity index (χ3v) is 4.04. The van der Waals surface area contributed by atoms with Gasteiger partial charge in [-0.2, -0.15) is 0 Å². The molecule has 2 aliphatic carbocycles. The van der Waals surface area contributed by atoms with E-state index in [2.05, 4.69) is 10.6 Å². The molecule has 112 valence electrons. The predicted octanol–water partition coefficient (Wildman–Crippen LogP) is 2.40. The molecule has 2 aliphatic rings. The van der Waals surface area contributed by atoms with Crippen molar-refractivity contribution in [3.8, 4) is 5.75 Å². The number of carboxylic acid groups (broad SMARTS) is 1. The standard InChI is InChI=1S/C15H18N2O4/c18-10-5-6-12(11(7-10)14(19)20)16-15(21)17-13(8-1-2-8)9-3-4-9/h5-9,13,18H,1-4H2,(H,19,20)(H2,16,17,21). The molecule has 0 atom stereocenters. The van der Waals surface area contributed by atoms with Gasteiger partial charge in [-0.25, -0.2) is 9.59 Å². The first kappa shape index (κ1) is 13.7. The summed E-state index contributed by atoms with van der Waals surface area (Å²) in [5.74, 6) is -0.196. The zero-order chi connectivity index (χ0) is 15.0. The van der Waals surface area contributed by atoms with E-state index in [4.69, 9.17) is 5.11 Å². The first-order chi connectivity index (χ1) is 10.0. The van der Waals surface area contributed by atoms with Gasteiger partial charge >= 0.3 is 12.0 Å². The molecule has 0 aromatic heterocycles. The van der Waals surface area contributed by atoms with Crippen LogP contribution in [0.15, 0.2) is 18.2 Å². The summed E-state index contributed by atoms with van der Waals surface area (Å²) in [5, 5.41) is 24.0. The van der Waals surface area contributed by atoms with E-state index in [1.807, 2.05) is 0 Å². The maximum absolute atomic E-state index is 12.1. The Balaban J connectivity index is 1.68. The van der Waals surface area contributed by atoms with Crippen LogP contribution < -0.4 is 10.6 Å². The van der Waals surface area contributed by atoms with Crippen molar-refractivity contribution in [3.63, 3.8) is 0 Å². The topological polar surface area (TPSA) is 98.7 Å². The molecule has 2 amide bonds. The number of carbonyl (C=O) groups excluding carboxylic acids is 1. The van der Waals surface area contributed by atoms with E-state index in [0.29, 0.717) is 11.8 Å². The zero-order valence-corrected chi connectivity index (χ0v) is 11.5. The minimum Gasteiger partial charge on any atom is -0.508 e. The summed E-state index contributed by atoms with van der Waals surface area (Å²) in [6.07, 6.45) is 4.62. The number of carbonyl (C=O) groups is 2. The number of hydrogen-bond acceptors (Lipinski definition) is 3. The van der Waals surface area contributed by atoms with Crippen molar-refractivity contribution in [1.82, 2.24) is 5.32 Å². The molecular weight excluding hydrogens is 272 g/mol. The third kappa shape index (κ3) is 3.26. The van der Waals surface area contributed by atoms with Crippen molar-refractivity contribution >= 4 is 17.7 Å². The zero-order valence-electron chi connectivity index (χ0n) is 11.5. The molecule has 0 aliphatic heterocycles. The van der Waals surface area contributed by atoms with Crippen molar-refractivity contribution in [2.75, 3.05) is 5.32 Å². The normalized spacial score (nSPS) is 17.6. The number of benzene rings is 1. The Hall–Kier alpha value is -2.24. The quantitative estimate of drug-likeness (QED) is 0.626. The molecule has 0 spiro atoms. The molecule has 3 rings (SSSR count). The minimum absolute atomic E-state index is 0.125. The van der Waals surface area contributed by atoms with E-state index in [9.17, 15) is 14.7 Å². The molecule has 6 heteroatoms. The monoisotopic (exact) mass is 290 g/mol. The number of phenolic OH excluding ortho intramolecular Hbond substituents is 1. The molecule has 1 aromatic rings. The Morgan fingerprint density at radius 2 is 1.76 bits per heavy atom. The second kappa shape index (κ2) is 5.27. The highest BCUT2D eigenvalue weighted by atomic mass is 16.4. The summed E-state index contributed by atoms with van der Waals surface area (Å²) >= 11 is 0. The summed E-state index contributed by atoms with van der Waals surface area (Å²) in [5.41, 5.74) is 0.0580. The lowest BCUT2D eigenvalue weighted by molar-refractivity contribution is 0.0697. The van der Waals surface area contributed by atoms with Gasteiger partial charge in [0.2, 0.25) is 0 Å². The highest BCUT2D eigenvalue weighted by Crippen LogP contribution is 2.44. The lowest BCUT2D eigenvalue weighted by Gasteiger charge is -2.18. The first-order valence-corrected chi connectivity index (χ1v) is 7.18. The van der Waals surface area contributed by atoms with Crippen LogP contribution in [0.4, 0.5) is 10.5 Å². The maximum atomic E-state index is 12.1.